The summed E-state index contributed by atoms with van der Waals surface area (Å²) >= 11 is 0. The van der Waals surface area contributed by atoms with Crippen molar-refractivity contribution in [2.45, 2.75) is 13.0 Å². The number of aliphatic hydroxyl groups is 1. The van der Waals surface area contributed by atoms with Gasteiger partial charge in [0, 0.05) is 7.05 Å². The van der Waals surface area contributed by atoms with Crippen LogP contribution in [0.3, 0.4) is 0 Å². The zero-order chi connectivity index (χ0) is 7.44. The van der Waals surface area contributed by atoms with Gasteiger partial charge in [0.15, 0.2) is 0 Å². The maximum Gasteiger partial charge on any atom is 0.274 e. The van der Waals surface area contributed by atoms with Gasteiger partial charge in [0.05, 0.1) is 7.11 Å². The van der Waals surface area contributed by atoms with Gasteiger partial charge in [-0.3, -0.25) is 9.63 Å². The zero-order valence-electron chi connectivity index (χ0n) is 5.79. The van der Waals surface area contributed by atoms with E-state index in [-0.39, 0.29) is 0 Å². The number of hydrogen-bond acceptors (Lipinski definition) is 3. The van der Waals surface area contributed by atoms with Crippen LogP contribution >= 0.6 is 0 Å². The van der Waals surface area contributed by atoms with E-state index < -0.39 is 12.0 Å². The number of amides is 1. The predicted octanol–water partition coefficient (Wildman–Crippen LogP) is -0.613. The number of carbonyl (C=O) groups excluding carboxylic acids is 1. The van der Waals surface area contributed by atoms with Gasteiger partial charge in [0.25, 0.3) is 5.91 Å². The highest BCUT2D eigenvalue weighted by molar-refractivity contribution is 5.78. The number of likely N-dealkylation sites (N-methyl/N-ethyl adjacent to an activating group) is 1. The van der Waals surface area contributed by atoms with Crippen LogP contribution in [0.15, 0.2) is 0 Å². The van der Waals surface area contributed by atoms with Gasteiger partial charge in [-0.25, -0.2) is 5.06 Å². The first-order valence-electron chi connectivity index (χ1n) is 2.59. The largest absolute Gasteiger partial charge is 0.383 e. The molecule has 0 aliphatic rings. The molecule has 0 aromatic heterocycles. The minimum Gasteiger partial charge on any atom is -0.383 e. The van der Waals surface area contributed by atoms with Crippen molar-refractivity contribution in [1.82, 2.24) is 5.06 Å². The second kappa shape index (κ2) is 3.42. The Morgan fingerprint density at radius 3 is 2.33 bits per heavy atom. The lowest BCUT2D eigenvalue weighted by molar-refractivity contribution is -0.176. The summed E-state index contributed by atoms with van der Waals surface area (Å²) in [6.07, 6.45) is -0.991. The van der Waals surface area contributed by atoms with E-state index in [2.05, 4.69) is 4.84 Å². The first kappa shape index (κ1) is 8.39. The van der Waals surface area contributed by atoms with Crippen molar-refractivity contribution in [3.63, 3.8) is 0 Å². The third-order valence-corrected chi connectivity index (χ3v) is 0.942. The van der Waals surface area contributed by atoms with Crippen LogP contribution in [0.5, 0.6) is 0 Å². The maximum atomic E-state index is 10.6. The van der Waals surface area contributed by atoms with Crippen molar-refractivity contribution in [2.75, 3.05) is 14.2 Å². The molecule has 0 fully saturated rings. The van der Waals surface area contributed by atoms with Crippen molar-refractivity contribution in [3.05, 3.63) is 0 Å². The van der Waals surface area contributed by atoms with Crippen LogP contribution < -0.4 is 0 Å². The molecule has 0 saturated heterocycles. The lowest BCUT2D eigenvalue weighted by atomic mass is 10.4. The summed E-state index contributed by atoms with van der Waals surface area (Å²) in [6, 6.07) is 0. The van der Waals surface area contributed by atoms with Gasteiger partial charge in [0.1, 0.15) is 6.10 Å². The first-order valence-corrected chi connectivity index (χ1v) is 2.59. The van der Waals surface area contributed by atoms with Gasteiger partial charge in [-0.15, -0.1) is 0 Å². The normalized spacial score (nSPS) is 12.9. The Balaban J connectivity index is 3.73. The molecule has 0 aromatic carbocycles. The standard InChI is InChI=1S/C5H11NO3/c1-4(7)5(8)6(2)9-3/h4,7H,1-3H3/t4-/m0/s1. The highest BCUT2D eigenvalue weighted by atomic mass is 16.7. The molecule has 1 atom stereocenters. The van der Waals surface area contributed by atoms with Crippen LogP contribution in [0.2, 0.25) is 0 Å². The van der Waals surface area contributed by atoms with Gasteiger partial charge in [-0.05, 0) is 6.92 Å². The molecule has 0 saturated carbocycles. The smallest absolute Gasteiger partial charge is 0.274 e. The van der Waals surface area contributed by atoms with E-state index in [1.165, 1.54) is 21.1 Å². The maximum absolute atomic E-state index is 10.6. The molecule has 1 N–H and O–H groups in total. The molecule has 4 nitrogen and oxygen atoms in total. The summed E-state index contributed by atoms with van der Waals surface area (Å²) in [7, 11) is 2.80. The van der Waals surface area contributed by atoms with Gasteiger partial charge in [0.2, 0.25) is 0 Å². The molecule has 0 rings (SSSR count). The fourth-order valence-electron chi connectivity index (χ4n) is 0.353. The molecule has 0 aliphatic carbocycles. The number of hydroxylamine groups is 2. The average molecular weight is 133 g/mol. The zero-order valence-corrected chi connectivity index (χ0v) is 5.79. The minimum atomic E-state index is -0.991. The van der Waals surface area contributed by atoms with Crippen LogP contribution in [0.25, 0.3) is 0 Å². The van der Waals surface area contributed by atoms with Crippen LogP contribution in [0.1, 0.15) is 6.92 Å². The number of nitrogens with zero attached hydrogens (tertiary/aromatic N) is 1. The van der Waals surface area contributed by atoms with E-state index in [0.717, 1.165) is 5.06 Å². The van der Waals surface area contributed by atoms with Crippen molar-refractivity contribution < 1.29 is 14.7 Å². The highest BCUT2D eigenvalue weighted by Crippen LogP contribution is 1.89. The predicted molar refractivity (Wildman–Crippen MR) is 31.5 cm³/mol. The van der Waals surface area contributed by atoms with Crippen LogP contribution in [-0.2, 0) is 9.63 Å². The fraction of sp³-hybridized carbons (Fsp3) is 0.800. The first-order chi connectivity index (χ1) is 4.09. The third kappa shape index (κ3) is 2.43. The summed E-state index contributed by atoms with van der Waals surface area (Å²) < 4.78 is 0. The van der Waals surface area contributed by atoms with Gasteiger partial charge < -0.3 is 5.11 Å². The second-order valence-electron chi connectivity index (χ2n) is 1.69. The molecule has 0 unspecified atom stereocenters. The van der Waals surface area contributed by atoms with Crippen molar-refractivity contribution in [2.24, 2.45) is 0 Å². The van der Waals surface area contributed by atoms with E-state index >= 15 is 0 Å². The molecule has 54 valence electrons. The SMILES string of the molecule is CON(C)C(=O)[C@H](C)O. The number of hydrogen-bond donors (Lipinski definition) is 1. The molecule has 0 aliphatic heterocycles. The quantitative estimate of drug-likeness (QED) is 0.511. The lowest BCUT2D eigenvalue weighted by Crippen LogP contribution is -2.33. The van der Waals surface area contributed by atoms with Crippen molar-refractivity contribution in [1.29, 1.82) is 0 Å². The van der Waals surface area contributed by atoms with E-state index in [4.69, 9.17) is 5.11 Å². The molecular formula is C5H11NO3. The van der Waals surface area contributed by atoms with Crippen LogP contribution in [0.4, 0.5) is 0 Å². The summed E-state index contributed by atoms with van der Waals surface area (Å²) in [5.74, 6) is -0.447. The molecule has 0 heterocycles. The molecule has 9 heavy (non-hydrogen) atoms. The van der Waals surface area contributed by atoms with Crippen LogP contribution in [0, 0.1) is 0 Å². The van der Waals surface area contributed by atoms with E-state index in [1.54, 1.807) is 0 Å². The Morgan fingerprint density at radius 2 is 2.22 bits per heavy atom. The topological polar surface area (TPSA) is 49.8 Å². The van der Waals surface area contributed by atoms with E-state index in [1.807, 2.05) is 0 Å². The molecular weight excluding hydrogens is 122 g/mol. The molecule has 0 bridgehead atoms. The van der Waals surface area contributed by atoms with Crippen molar-refractivity contribution >= 4 is 5.91 Å². The summed E-state index contributed by atoms with van der Waals surface area (Å²) in [5, 5.41) is 9.63. The number of aliphatic hydroxyl groups excluding tert-OH is 1. The molecule has 4 heteroatoms. The van der Waals surface area contributed by atoms with E-state index in [0.29, 0.717) is 0 Å². The Labute approximate surface area is 54.0 Å². The highest BCUT2D eigenvalue weighted by Gasteiger charge is 2.12. The second-order valence-corrected chi connectivity index (χ2v) is 1.69. The number of rotatable bonds is 2. The Bertz CT molecular complexity index is 102. The van der Waals surface area contributed by atoms with Crippen molar-refractivity contribution in [3.8, 4) is 0 Å². The molecule has 0 radical (unpaired) electrons. The molecule has 1 amide bonds. The fourth-order valence-corrected chi connectivity index (χ4v) is 0.353. The third-order valence-electron chi connectivity index (χ3n) is 0.942. The summed E-state index contributed by atoms with van der Waals surface area (Å²) in [6.45, 7) is 1.39. The lowest BCUT2D eigenvalue weighted by Gasteiger charge is -2.14. The van der Waals surface area contributed by atoms with Crippen LogP contribution in [-0.4, -0.2) is 36.3 Å². The van der Waals surface area contributed by atoms with Gasteiger partial charge in [-0.1, -0.05) is 0 Å². The van der Waals surface area contributed by atoms with Gasteiger partial charge >= 0.3 is 0 Å². The van der Waals surface area contributed by atoms with E-state index in [9.17, 15) is 4.79 Å². The average Bonchev–Trinajstić information content (AvgIpc) is 1.84. The Kier molecular flexibility index (Phi) is 3.19. The summed E-state index contributed by atoms with van der Waals surface area (Å²) in [4.78, 5) is 15.1. The molecule has 0 spiro atoms. The summed E-state index contributed by atoms with van der Waals surface area (Å²) in [5.41, 5.74) is 0. The minimum absolute atomic E-state index is 0.447. The number of carbonyl (C=O) groups is 1. The Hall–Kier alpha value is -0.610. The monoisotopic (exact) mass is 133 g/mol. The molecule has 0 aromatic rings. The van der Waals surface area contributed by atoms with Gasteiger partial charge in [-0.2, -0.15) is 0 Å². The Morgan fingerprint density at radius 1 is 1.78 bits per heavy atom.